The van der Waals surface area contributed by atoms with Crippen LogP contribution in [-0.4, -0.2) is 6.54 Å². The van der Waals surface area contributed by atoms with Gasteiger partial charge in [0, 0.05) is 12.0 Å². The van der Waals surface area contributed by atoms with Gasteiger partial charge in [0.15, 0.2) is 0 Å². The van der Waals surface area contributed by atoms with Crippen molar-refractivity contribution in [3.63, 3.8) is 0 Å². The highest BCUT2D eigenvalue weighted by atomic mass is 35.5. The largest absolute Gasteiger partial charge is 0.375 e. The predicted octanol–water partition coefficient (Wildman–Crippen LogP) is 1.70. The Bertz CT molecular complexity index is 126. The Balaban J connectivity index is 2.67. The van der Waals surface area contributed by atoms with E-state index in [2.05, 4.69) is 19.2 Å². The van der Waals surface area contributed by atoms with Crippen LogP contribution in [0.2, 0.25) is 0 Å². The van der Waals surface area contributed by atoms with Crippen LogP contribution in [0.5, 0.6) is 0 Å². The minimum absolute atomic E-state index is 0.261. The average Bonchev–Trinajstić information content (AvgIpc) is 1.82. The smallest absolute Gasteiger partial charge is 0.0983 e. The van der Waals surface area contributed by atoms with Gasteiger partial charge in [-0.05, 0) is 6.08 Å². The lowest BCUT2D eigenvalue weighted by Crippen LogP contribution is -2.16. The van der Waals surface area contributed by atoms with Crippen molar-refractivity contribution in [2.75, 3.05) is 6.54 Å². The molecule has 0 amide bonds. The molecule has 0 aromatic carbocycles. The summed E-state index contributed by atoms with van der Waals surface area (Å²) in [6.45, 7) is 5.26. The van der Waals surface area contributed by atoms with Crippen LogP contribution in [0.4, 0.5) is 0 Å². The lowest BCUT2D eigenvalue weighted by molar-refractivity contribution is 0.496. The molecule has 0 unspecified atom stereocenters. The first-order valence-electron chi connectivity index (χ1n) is 2.72. The second-order valence-corrected chi connectivity index (χ2v) is 3.24. The fourth-order valence-corrected chi connectivity index (χ4v) is 1.12. The van der Waals surface area contributed by atoms with Crippen molar-refractivity contribution in [1.29, 1.82) is 0 Å². The Labute approximate surface area is 54.7 Å². The predicted molar refractivity (Wildman–Crippen MR) is 35.7 cm³/mol. The van der Waals surface area contributed by atoms with Crippen LogP contribution in [0.25, 0.3) is 0 Å². The Kier molecular flexibility index (Phi) is 1.24. The Morgan fingerprint density at radius 1 is 1.75 bits per heavy atom. The van der Waals surface area contributed by atoms with E-state index in [-0.39, 0.29) is 5.41 Å². The normalized spacial score (nSPS) is 24.6. The maximum atomic E-state index is 5.65. The molecule has 1 heterocycles. The van der Waals surface area contributed by atoms with Crippen molar-refractivity contribution in [2.24, 2.45) is 5.41 Å². The van der Waals surface area contributed by atoms with E-state index in [1.165, 1.54) is 0 Å². The molecule has 1 rings (SSSR count). The summed E-state index contributed by atoms with van der Waals surface area (Å²) in [7, 11) is 0. The van der Waals surface area contributed by atoms with Crippen molar-refractivity contribution >= 4 is 11.6 Å². The molecule has 1 aliphatic rings. The lowest BCUT2D eigenvalue weighted by Gasteiger charge is -2.10. The summed E-state index contributed by atoms with van der Waals surface area (Å²) in [6, 6.07) is 0. The maximum Gasteiger partial charge on any atom is 0.0983 e. The van der Waals surface area contributed by atoms with E-state index in [0.29, 0.717) is 0 Å². The second kappa shape index (κ2) is 1.66. The third-order valence-corrected chi connectivity index (χ3v) is 1.47. The van der Waals surface area contributed by atoms with E-state index >= 15 is 0 Å². The highest BCUT2D eigenvalue weighted by Crippen LogP contribution is 2.24. The summed E-state index contributed by atoms with van der Waals surface area (Å²) in [6.07, 6.45) is 2.04. The van der Waals surface area contributed by atoms with Crippen LogP contribution in [0.1, 0.15) is 13.8 Å². The lowest BCUT2D eigenvalue weighted by atomic mass is 9.96. The van der Waals surface area contributed by atoms with Crippen LogP contribution < -0.4 is 5.32 Å². The monoisotopic (exact) mass is 131 g/mol. The number of nitrogens with one attached hydrogen (secondary N) is 1. The molecule has 0 aromatic rings. The van der Waals surface area contributed by atoms with E-state index in [4.69, 9.17) is 11.6 Å². The molecule has 0 saturated heterocycles. The molecule has 0 spiro atoms. The molecular formula is C6H10ClN. The van der Waals surface area contributed by atoms with Gasteiger partial charge in [0.1, 0.15) is 0 Å². The van der Waals surface area contributed by atoms with E-state index in [9.17, 15) is 0 Å². The van der Waals surface area contributed by atoms with Gasteiger partial charge in [0.2, 0.25) is 0 Å². The molecule has 2 heteroatoms. The van der Waals surface area contributed by atoms with Crippen molar-refractivity contribution in [3.8, 4) is 0 Å². The van der Waals surface area contributed by atoms with Gasteiger partial charge < -0.3 is 5.32 Å². The number of halogens is 1. The zero-order valence-electron chi connectivity index (χ0n) is 5.16. The molecule has 46 valence electrons. The standard InChI is InChI=1S/C6H10ClN/c1-6(2)3-5(7)8-4-6/h3,8H,4H2,1-2H3. The zero-order valence-corrected chi connectivity index (χ0v) is 5.92. The van der Waals surface area contributed by atoms with Crippen LogP contribution in [0.3, 0.4) is 0 Å². The second-order valence-electron chi connectivity index (χ2n) is 2.83. The number of hydrogen-bond acceptors (Lipinski definition) is 1. The molecular weight excluding hydrogens is 122 g/mol. The third kappa shape index (κ3) is 1.16. The van der Waals surface area contributed by atoms with Gasteiger partial charge in [-0.15, -0.1) is 0 Å². The molecule has 0 saturated carbocycles. The quantitative estimate of drug-likeness (QED) is 0.494. The SMILES string of the molecule is CC1(C)C=C(Cl)NC1. The fourth-order valence-electron chi connectivity index (χ4n) is 0.757. The minimum atomic E-state index is 0.261. The molecule has 0 fully saturated rings. The minimum Gasteiger partial charge on any atom is -0.375 e. The zero-order chi connectivity index (χ0) is 6.20. The molecule has 0 bridgehead atoms. The molecule has 0 atom stereocenters. The van der Waals surface area contributed by atoms with Gasteiger partial charge in [-0.25, -0.2) is 0 Å². The Morgan fingerprint density at radius 2 is 2.38 bits per heavy atom. The summed E-state index contributed by atoms with van der Waals surface area (Å²) >= 11 is 5.65. The van der Waals surface area contributed by atoms with Gasteiger partial charge in [-0.1, -0.05) is 25.4 Å². The Hall–Kier alpha value is -0.170. The molecule has 8 heavy (non-hydrogen) atoms. The molecule has 0 radical (unpaired) electrons. The van der Waals surface area contributed by atoms with Crippen LogP contribution in [-0.2, 0) is 0 Å². The van der Waals surface area contributed by atoms with E-state index in [1.807, 2.05) is 6.08 Å². The Morgan fingerprint density at radius 3 is 2.50 bits per heavy atom. The van der Waals surface area contributed by atoms with Gasteiger partial charge in [-0.2, -0.15) is 0 Å². The molecule has 1 aliphatic heterocycles. The first-order chi connectivity index (χ1) is 3.60. The van der Waals surface area contributed by atoms with Gasteiger partial charge in [0.05, 0.1) is 5.16 Å². The van der Waals surface area contributed by atoms with Gasteiger partial charge >= 0.3 is 0 Å². The van der Waals surface area contributed by atoms with Crippen LogP contribution >= 0.6 is 11.6 Å². The number of rotatable bonds is 0. The number of hydrogen-bond donors (Lipinski definition) is 1. The van der Waals surface area contributed by atoms with Gasteiger partial charge in [0.25, 0.3) is 0 Å². The highest BCUT2D eigenvalue weighted by molar-refractivity contribution is 6.29. The van der Waals surface area contributed by atoms with Crippen molar-refractivity contribution in [2.45, 2.75) is 13.8 Å². The van der Waals surface area contributed by atoms with Crippen LogP contribution in [0.15, 0.2) is 11.2 Å². The summed E-state index contributed by atoms with van der Waals surface area (Å²) in [5.74, 6) is 0. The molecule has 1 N–H and O–H groups in total. The van der Waals surface area contributed by atoms with Crippen molar-refractivity contribution in [3.05, 3.63) is 11.2 Å². The third-order valence-electron chi connectivity index (χ3n) is 1.23. The van der Waals surface area contributed by atoms with E-state index in [1.54, 1.807) is 0 Å². The summed E-state index contributed by atoms with van der Waals surface area (Å²) < 4.78 is 0. The highest BCUT2D eigenvalue weighted by Gasteiger charge is 2.20. The fraction of sp³-hybridized carbons (Fsp3) is 0.667. The average molecular weight is 132 g/mol. The topological polar surface area (TPSA) is 12.0 Å². The first kappa shape index (κ1) is 5.96. The molecule has 0 aromatic heterocycles. The summed E-state index contributed by atoms with van der Waals surface area (Å²) in [5, 5.41) is 3.82. The summed E-state index contributed by atoms with van der Waals surface area (Å²) in [4.78, 5) is 0. The van der Waals surface area contributed by atoms with E-state index in [0.717, 1.165) is 11.7 Å². The maximum absolute atomic E-state index is 5.65. The van der Waals surface area contributed by atoms with Crippen molar-refractivity contribution < 1.29 is 0 Å². The first-order valence-corrected chi connectivity index (χ1v) is 3.10. The van der Waals surface area contributed by atoms with Crippen molar-refractivity contribution in [1.82, 2.24) is 5.32 Å². The molecule has 0 aliphatic carbocycles. The molecule has 1 nitrogen and oxygen atoms in total. The van der Waals surface area contributed by atoms with Gasteiger partial charge in [-0.3, -0.25) is 0 Å². The van der Waals surface area contributed by atoms with E-state index < -0.39 is 0 Å². The van der Waals surface area contributed by atoms with Crippen LogP contribution in [0, 0.1) is 5.41 Å². The summed E-state index contributed by atoms with van der Waals surface area (Å²) in [5.41, 5.74) is 0.261.